The fraction of sp³-hybridized carbons (Fsp3) is 1.00. The molecule has 3 nitrogen and oxygen atoms in total. The molecule has 0 aromatic rings. The van der Waals surface area contributed by atoms with Gasteiger partial charge >= 0.3 is 0 Å². The lowest BCUT2D eigenvalue weighted by atomic mass is 10.0. The Balaban J connectivity index is 2.96. The van der Waals surface area contributed by atoms with Gasteiger partial charge in [-0.05, 0) is 6.42 Å². The summed E-state index contributed by atoms with van der Waals surface area (Å²) < 4.78 is 16.2. The maximum absolute atomic E-state index is 5.59. The number of halogens is 1. The van der Waals surface area contributed by atoms with E-state index in [0.29, 0.717) is 38.9 Å². The van der Waals surface area contributed by atoms with E-state index in [4.69, 9.17) is 25.8 Å². The standard InChI is InChI=1S/C24H49ClO3/c1-2-3-4-5-6-7-8-9-10-11-12-13-14-15-16-17-19-26-21-23-28-24-22-27-20-18-25/h2-24H2,1H3. The van der Waals surface area contributed by atoms with Crippen LogP contribution in [0.5, 0.6) is 0 Å². The van der Waals surface area contributed by atoms with Gasteiger partial charge in [-0.2, -0.15) is 0 Å². The van der Waals surface area contributed by atoms with Crippen LogP contribution in [0.25, 0.3) is 0 Å². The van der Waals surface area contributed by atoms with Gasteiger partial charge < -0.3 is 14.2 Å². The lowest BCUT2D eigenvalue weighted by Crippen LogP contribution is -2.10. The maximum Gasteiger partial charge on any atom is 0.0701 e. The van der Waals surface area contributed by atoms with E-state index < -0.39 is 0 Å². The third kappa shape index (κ3) is 26.2. The maximum atomic E-state index is 5.59. The number of unbranched alkanes of at least 4 members (excludes halogenated alkanes) is 15. The molecule has 170 valence electrons. The molecule has 0 saturated carbocycles. The summed E-state index contributed by atoms with van der Waals surface area (Å²) in [6.07, 6.45) is 22.5. The lowest BCUT2D eigenvalue weighted by molar-refractivity contribution is 0.0165. The Bertz CT molecular complexity index is 238. The molecule has 0 unspecified atom stereocenters. The Morgan fingerprint density at radius 3 is 1.11 bits per heavy atom. The minimum atomic E-state index is 0.544. The zero-order valence-electron chi connectivity index (χ0n) is 18.9. The number of alkyl halides is 1. The fourth-order valence-corrected chi connectivity index (χ4v) is 3.46. The van der Waals surface area contributed by atoms with Crippen LogP contribution in [0.15, 0.2) is 0 Å². The van der Waals surface area contributed by atoms with Crippen molar-refractivity contribution in [2.75, 3.05) is 45.5 Å². The number of hydrogen-bond donors (Lipinski definition) is 0. The molecule has 0 saturated heterocycles. The van der Waals surface area contributed by atoms with Crippen molar-refractivity contribution in [3.05, 3.63) is 0 Å². The summed E-state index contributed by atoms with van der Waals surface area (Å²) >= 11 is 5.52. The monoisotopic (exact) mass is 420 g/mol. The summed E-state index contributed by atoms with van der Waals surface area (Å²) in [7, 11) is 0. The first-order chi connectivity index (χ1) is 13.9. The zero-order chi connectivity index (χ0) is 20.4. The SMILES string of the molecule is CCCCCCCCCCCCCCCCCCOCCOCCOCCCl. The highest BCUT2D eigenvalue weighted by Crippen LogP contribution is 2.13. The van der Waals surface area contributed by atoms with Crippen LogP contribution in [0.2, 0.25) is 0 Å². The molecular weight excluding hydrogens is 372 g/mol. The highest BCUT2D eigenvalue weighted by Gasteiger charge is 1.95. The summed E-state index contributed by atoms with van der Waals surface area (Å²) in [6.45, 7) is 6.34. The van der Waals surface area contributed by atoms with Crippen molar-refractivity contribution in [3.63, 3.8) is 0 Å². The topological polar surface area (TPSA) is 27.7 Å². The molecule has 0 aliphatic rings. The molecule has 0 radical (unpaired) electrons. The van der Waals surface area contributed by atoms with Crippen molar-refractivity contribution in [1.29, 1.82) is 0 Å². The van der Waals surface area contributed by atoms with Gasteiger partial charge in [-0.25, -0.2) is 0 Å². The molecule has 28 heavy (non-hydrogen) atoms. The fourth-order valence-electron chi connectivity index (χ4n) is 3.35. The van der Waals surface area contributed by atoms with E-state index >= 15 is 0 Å². The Labute approximate surface area is 181 Å². The first-order valence-electron chi connectivity index (χ1n) is 12.2. The van der Waals surface area contributed by atoms with Gasteiger partial charge in [0.25, 0.3) is 0 Å². The predicted molar refractivity (Wildman–Crippen MR) is 123 cm³/mol. The lowest BCUT2D eigenvalue weighted by Gasteiger charge is -2.06. The molecule has 0 spiro atoms. The van der Waals surface area contributed by atoms with Crippen LogP contribution in [0.4, 0.5) is 0 Å². The summed E-state index contributed by atoms with van der Waals surface area (Å²) in [5.41, 5.74) is 0. The molecule has 0 aliphatic heterocycles. The third-order valence-corrected chi connectivity index (χ3v) is 5.26. The van der Waals surface area contributed by atoms with Crippen LogP contribution >= 0.6 is 11.6 Å². The van der Waals surface area contributed by atoms with E-state index in [1.807, 2.05) is 0 Å². The number of rotatable bonds is 25. The second kappa shape index (κ2) is 27.2. The molecular formula is C24H49ClO3. The summed E-state index contributed by atoms with van der Waals surface area (Å²) in [5.74, 6) is 0.544. The van der Waals surface area contributed by atoms with Gasteiger partial charge in [0.15, 0.2) is 0 Å². The van der Waals surface area contributed by atoms with Crippen molar-refractivity contribution in [3.8, 4) is 0 Å². The van der Waals surface area contributed by atoms with Crippen LogP contribution in [-0.2, 0) is 14.2 Å². The van der Waals surface area contributed by atoms with Crippen LogP contribution < -0.4 is 0 Å². The molecule has 0 fully saturated rings. The van der Waals surface area contributed by atoms with E-state index in [0.717, 1.165) is 6.61 Å². The highest BCUT2D eigenvalue weighted by molar-refractivity contribution is 6.17. The van der Waals surface area contributed by atoms with Gasteiger partial charge in [-0.15, -0.1) is 11.6 Å². The van der Waals surface area contributed by atoms with Crippen molar-refractivity contribution < 1.29 is 14.2 Å². The summed E-state index contributed by atoms with van der Waals surface area (Å²) in [5, 5.41) is 0. The Morgan fingerprint density at radius 1 is 0.393 bits per heavy atom. The van der Waals surface area contributed by atoms with Crippen LogP contribution in [-0.4, -0.2) is 45.5 Å². The molecule has 0 N–H and O–H groups in total. The second-order valence-electron chi connectivity index (χ2n) is 7.83. The first-order valence-corrected chi connectivity index (χ1v) is 12.7. The normalized spacial score (nSPS) is 11.4. The molecule has 0 amide bonds. The molecule has 4 heteroatoms. The van der Waals surface area contributed by atoms with E-state index in [-0.39, 0.29) is 0 Å². The Hall–Kier alpha value is 0.170. The average Bonchev–Trinajstić information content (AvgIpc) is 2.71. The van der Waals surface area contributed by atoms with E-state index in [9.17, 15) is 0 Å². The van der Waals surface area contributed by atoms with Gasteiger partial charge in [0.1, 0.15) is 0 Å². The summed E-state index contributed by atoms with van der Waals surface area (Å²) in [6, 6.07) is 0. The quantitative estimate of drug-likeness (QED) is 0.113. The van der Waals surface area contributed by atoms with Crippen LogP contribution in [0, 0.1) is 0 Å². The van der Waals surface area contributed by atoms with E-state index in [1.165, 1.54) is 103 Å². The summed E-state index contributed by atoms with van der Waals surface area (Å²) in [4.78, 5) is 0. The zero-order valence-corrected chi connectivity index (χ0v) is 19.6. The first kappa shape index (κ1) is 28.2. The smallest absolute Gasteiger partial charge is 0.0701 e. The third-order valence-electron chi connectivity index (χ3n) is 5.11. The molecule has 0 aromatic heterocycles. The second-order valence-corrected chi connectivity index (χ2v) is 8.21. The molecule has 0 bridgehead atoms. The van der Waals surface area contributed by atoms with Gasteiger partial charge in [-0.3, -0.25) is 0 Å². The van der Waals surface area contributed by atoms with Crippen molar-refractivity contribution >= 4 is 11.6 Å². The molecule has 0 aliphatic carbocycles. The van der Waals surface area contributed by atoms with Crippen LogP contribution in [0.1, 0.15) is 110 Å². The predicted octanol–water partition coefficient (Wildman–Crippen LogP) is 7.54. The largest absolute Gasteiger partial charge is 0.379 e. The minimum Gasteiger partial charge on any atom is -0.379 e. The molecule has 0 heterocycles. The highest BCUT2D eigenvalue weighted by atomic mass is 35.5. The van der Waals surface area contributed by atoms with Crippen molar-refractivity contribution in [2.24, 2.45) is 0 Å². The van der Waals surface area contributed by atoms with Gasteiger partial charge in [0.05, 0.1) is 33.0 Å². The average molecular weight is 421 g/mol. The van der Waals surface area contributed by atoms with E-state index in [2.05, 4.69) is 6.92 Å². The van der Waals surface area contributed by atoms with Crippen molar-refractivity contribution in [2.45, 2.75) is 110 Å². The van der Waals surface area contributed by atoms with E-state index in [1.54, 1.807) is 0 Å². The minimum absolute atomic E-state index is 0.544. The van der Waals surface area contributed by atoms with Gasteiger partial charge in [-0.1, -0.05) is 103 Å². The van der Waals surface area contributed by atoms with Gasteiger partial charge in [0.2, 0.25) is 0 Å². The van der Waals surface area contributed by atoms with Gasteiger partial charge in [0, 0.05) is 12.5 Å². The number of ether oxygens (including phenoxy) is 3. The molecule has 0 aromatic carbocycles. The molecule has 0 atom stereocenters. The molecule has 0 rings (SSSR count). The Kier molecular flexibility index (Phi) is 27.3. The van der Waals surface area contributed by atoms with Crippen LogP contribution in [0.3, 0.4) is 0 Å². The number of hydrogen-bond acceptors (Lipinski definition) is 3. The van der Waals surface area contributed by atoms with Crippen molar-refractivity contribution in [1.82, 2.24) is 0 Å². The Morgan fingerprint density at radius 2 is 0.714 bits per heavy atom.